The Kier molecular flexibility index (Phi) is 4.56. The van der Waals surface area contributed by atoms with Gasteiger partial charge < -0.3 is 15.0 Å². The van der Waals surface area contributed by atoms with Crippen LogP contribution in [0, 0.1) is 6.92 Å². The molecule has 1 N–H and O–H groups in total. The molecule has 1 saturated heterocycles. The van der Waals surface area contributed by atoms with Crippen LogP contribution in [0.15, 0.2) is 18.2 Å². The Morgan fingerprint density at radius 1 is 1.53 bits per heavy atom. The zero-order valence-electron chi connectivity index (χ0n) is 11.9. The molecular weight excluding hydrogens is 240 g/mol. The molecule has 1 aromatic carbocycles. The molecule has 1 heterocycles. The summed E-state index contributed by atoms with van der Waals surface area (Å²) in [6.45, 7) is 4.89. The first-order valence-electron chi connectivity index (χ1n) is 6.70. The van der Waals surface area contributed by atoms with Gasteiger partial charge in [-0.3, -0.25) is 4.79 Å². The molecule has 0 radical (unpaired) electrons. The van der Waals surface area contributed by atoms with Gasteiger partial charge in [-0.15, -0.1) is 0 Å². The lowest BCUT2D eigenvalue weighted by Crippen LogP contribution is -2.49. The maximum atomic E-state index is 12.4. The van der Waals surface area contributed by atoms with E-state index >= 15 is 0 Å². The van der Waals surface area contributed by atoms with E-state index in [0.717, 1.165) is 25.2 Å². The number of nitrogens with one attached hydrogen (secondary N) is 1. The Labute approximate surface area is 114 Å². The van der Waals surface area contributed by atoms with E-state index in [1.165, 1.54) is 0 Å². The van der Waals surface area contributed by atoms with Crippen molar-refractivity contribution in [2.24, 2.45) is 0 Å². The summed E-state index contributed by atoms with van der Waals surface area (Å²) in [5.74, 6) is 0.813. The number of nitrogens with zero attached hydrogens (tertiary/aromatic N) is 1. The van der Waals surface area contributed by atoms with Crippen LogP contribution in [0.3, 0.4) is 0 Å². The van der Waals surface area contributed by atoms with Crippen molar-refractivity contribution in [2.45, 2.75) is 19.4 Å². The molecular formula is C15H22N2O2. The van der Waals surface area contributed by atoms with Gasteiger partial charge >= 0.3 is 0 Å². The lowest BCUT2D eigenvalue weighted by Gasteiger charge is -2.30. The highest BCUT2D eigenvalue weighted by atomic mass is 16.5. The molecule has 104 valence electrons. The highest BCUT2D eigenvalue weighted by Crippen LogP contribution is 2.22. The normalized spacial score (nSPS) is 20.3. The van der Waals surface area contributed by atoms with Crippen LogP contribution in [0.2, 0.25) is 0 Å². The van der Waals surface area contributed by atoms with Crippen molar-refractivity contribution < 1.29 is 9.53 Å². The molecule has 0 aromatic heterocycles. The predicted molar refractivity (Wildman–Crippen MR) is 76.0 cm³/mol. The number of aryl methyl sites for hydroxylation is 1. The fourth-order valence-corrected chi connectivity index (χ4v) is 2.50. The summed E-state index contributed by atoms with van der Waals surface area (Å²) in [6, 6.07) is 5.97. The zero-order chi connectivity index (χ0) is 13.8. The van der Waals surface area contributed by atoms with Crippen molar-refractivity contribution in [3.05, 3.63) is 29.3 Å². The van der Waals surface area contributed by atoms with E-state index in [9.17, 15) is 4.79 Å². The average molecular weight is 262 g/mol. The second-order valence-electron chi connectivity index (χ2n) is 5.24. The van der Waals surface area contributed by atoms with E-state index in [0.29, 0.717) is 17.7 Å². The largest absolute Gasteiger partial charge is 0.496 e. The monoisotopic (exact) mass is 262 g/mol. The third-order valence-electron chi connectivity index (χ3n) is 3.55. The Morgan fingerprint density at radius 2 is 2.32 bits per heavy atom. The minimum atomic E-state index is 0.147. The van der Waals surface area contributed by atoms with Crippen molar-refractivity contribution in [1.82, 2.24) is 10.2 Å². The summed E-state index contributed by atoms with van der Waals surface area (Å²) in [6.07, 6.45) is 0.518. The van der Waals surface area contributed by atoms with Crippen LogP contribution in [-0.2, 0) is 0 Å². The van der Waals surface area contributed by atoms with Crippen molar-refractivity contribution in [2.75, 3.05) is 33.8 Å². The maximum absolute atomic E-state index is 12.4. The lowest BCUT2D eigenvalue weighted by atomic mass is 10.00. The van der Waals surface area contributed by atoms with Gasteiger partial charge in [-0.2, -0.15) is 0 Å². The number of ketones is 1. The number of likely N-dealkylation sites (N-methyl/N-ethyl adjacent to an activating group) is 1. The predicted octanol–water partition coefficient (Wildman–Crippen LogP) is 1.48. The summed E-state index contributed by atoms with van der Waals surface area (Å²) in [5.41, 5.74) is 1.77. The molecule has 0 amide bonds. The van der Waals surface area contributed by atoms with Gasteiger partial charge in [-0.1, -0.05) is 11.6 Å². The van der Waals surface area contributed by atoms with E-state index in [2.05, 4.69) is 17.3 Å². The van der Waals surface area contributed by atoms with Crippen LogP contribution < -0.4 is 10.1 Å². The molecule has 1 aromatic rings. The number of carbonyl (C=O) groups is 1. The number of hydrogen-bond acceptors (Lipinski definition) is 4. The third kappa shape index (κ3) is 3.55. The Hall–Kier alpha value is -1.39. The van der Waals surface area contributed by atoms with E-state index in [4.69, 9.17) is 4.74 Å². The summed E-state index contributed by atoms with van der Waals surface area (Å²) < 4.78 is 5.28. The highest BCUT2D eigenvalue weighted by Gasteiger charge is 2.21. The standard InChI is InChI=1S/C15H22N2O2/c1-11-4-5-15(19-3)13(8-11)14(18)9-12-10-17(2)7-6-16-12/h4-5,8,12,16H,6-7,9-10H2,1-3H3. The molecule has 0 spiro atoms. The molecule has 1 aliphatic rings. The number of ether oxygens (including phenoxy) is 1. The SMILES string of the molecule is COc1ccc(C)cc1C(=O)CC1CN(C)CCN1. The fraction of sp³-hybridized carbons (Fsp3) is 0.533. The molecule has 4 nitrogen and oxygen atoms in total. The molecule has 1 atom stereocenters. The fourth-order valence-electron chi connectivity index (χ4n) is 2.50. The summed E-state index contributed by atoms with van der Waals surface area (Å²) >= 11 is 0. The maximum Gasteiger partial charge on any atom is 0.168 e. The van der Waals surface area contributed by atoms with E-state index in [1.807, 2.05) is 25.1 Å². The molecule has 1 aliphatic heterocycles. The second-order valence-corrected chi connectivity index (χ2v) is 5.24. The van der Waals surface area contributed by atoms with Gasteiger partial charge in [0.15, 0.2) is 5.78 Å². The summed E-state index contributed by atoms with van der Waals surface area (Å²) in [5, 5.41) is 3.40. The molecule has 19 heavy (non-hydrogen) atoms. The van der Waals surface area contributed by atoms with Crippen LogP contribution in [0.5, 0.6) is 5.75 Å². The number of piperazine rings is 1. The molecule has 0 saturated carbocycles. The summed E-state index contributed by atoms with van der Waals surface area (Å²) in [4.78, 5) is 14.7. The van der Waals surface area contributed by atoms with Crippen molar-refractivity contribution in [3.63, 3.8) is 0 Å². The molecule has 0 aliphatic carbocycles. The van der Waals surface area contributed by atoms with Crippen molar-refractivity contribution >= 4 is 5.78 Å². The molecule has 1 fully saturated rings. The van der Waals surface area contributed by atoms with Crippen LogP contribution >= 0.6 is 0 Å². The number of methoxy groups -OCH3 is 1. The van der Waals surface area contributed by atoms with Crippen LogP contribution in [0.25, 0.3) is 0 Å². The number of rotatable bonds is 4. The topological polar surface area (TPSA) is 41.6 Å². The number of hydrogen-bond donors (Lipinski definition) is 1. The number of benzene rings is 1. The molecule has 2 rings (SSSR count). The number of Topliss-reactive ketones (excluding diaryl/α,β-unsaturated/α-hetero) is 1. The third-order valence-corrected chi connectivity index (χ3v) is 3.55. The second kappa shape index (κ2) is 6.17. The van der Waals surface area contributed by atoms with E-state index in [-0.39, 0.29) is 11.8 Å². The van der Waals surface area contributed by atoms with Crippen LogP contribution in [-0.4, -0.2) is 50.5 Å². The van der Waals surface area contributed by atoms with E-state index < -0.39 is 0 Å². The summed E-state index contributed by atoms with van der Waals surface area (Å²) in [7, 11) is 3.69. The molecule has 1 unspecified atom stereocenters. The minimum Gasteiger partial charge on any atom is -0.496 e. The van der Waals surface area contributed by atoms with E-state index in [1.54, 1.807) is 7.11 Å². The lowest BCUT2D eigenvalue weighted by molar-refractivity contribution is 0.0949. The van der Waals surface area contributed by atoms with Crippen LogP contribution in [0.4, 0.5) is 0 Å². The van der Waals surface area contributed by atoms with Gasteiger partial charge in [-0.25, -0.2) is 0 Å². The molecule has 4 heteroatoms. The van der Waals surface area contributed by atoms with Crippen LogP contribution in [0.1, 0.15) is 22.3 Å². The number of carbonyl (C=O) groups excluding carboxylic acids is 1. The Balaban J connectivity index is 2.09. The average Bonchev–Trinajstić information content (AvgIpc) is 2.38. The van der Waals surface area contributed by atoms with Gasteiger partial charge in [0.1, 0.15) is 5.75 Å². The van der Waals surface area contributed by atoms with Gasteiger partial charge in [0, 0.05) is 32.1 Å². The van der Waals surface area contributed by atoms with Gasteiger partial charge in [-0.05, 0) is 26.1 Å². The van der Waals surface area contributed by atoms with Gasteiger partial charge in [0.2, 0.25) is 0 Å². The van der Waals surface area contributed by atoms with Crippen molar-refractivity contribution in [1.29, 1.82) is 0 Å². The van der Waals surface area contributed by atoms with Crippen molar-refractivity contribution in [3.8, 4) is 5.75 Å². The quantitative estimate of drug-likeness (QED) is 0.835. The smallest absolute Gasteiger partial charge is 0.168 e. The zero-order valence-corrected chi connectivity index (χ0v) is 11.9. The first kappa shape index (κ1) is 14.0. The first-order valence-corrected chi connectivity index (χ1v) is 6.70. The Bertz CT molecular complexity index is 459. The molecule has 0 bridgehead atoms. The van der Waals surface area contributed by atoms with Gasteiger partial charge in [0.25, 0.3) is 0 Å². The Morgan fingerprint density at radius 3 is 3.00 bits per heavy atom. The minimum absolute atomic E-state index is 0.147. The van der Waals surface area contributed by atoms with Gasteiger partial charge in [0.05, 0.1) is 12.7 Å². The highest BCUT2D eigenvalue weighted by molar-refractivity contribution is 5.99. The first-order chi connectivity index (χ1) is 9.10.